The molecule has 0 radical (unpaired) electrons. The Labute approximate surface area is 305 Å². The van der Waals surface area contributed by atoms with Crippen molar-refractivity contribution in [2.75, 3.05) is 23.7 Å². The number of carboxylic acid groups (broad SMARTS) is 1. The number of anilines is 1. The van der Waals surface area contributed by atoms with E-state index in [-0.39, 0.29) is 29.2 Å². The lowest BCUT2D eigenvalue weighted by Crippen LogP contribution is -2.28. The van der Waals surface area contributed by atoms with Crippen LogP contribution in [0.15, 0.2) is 94.4 Å². The monoisotopic (exact) mass is 777 g/mol. The molecule has 52 heavy (non-hydrogen) atoms. The Morgan fingerprint density at radius 3 is 1.96 bits per heavy atom. The Kier molecular flexibility index (Phi) is 12.2. The first kappa shape index (κ1) is 40.8. The molecule has 0 unspecified atom stereocenters. The topological polar surface area (TPSA) is 207 Å². The first-order valence-electron chi connectivity index (χ1n) is 16.6. The van der Waals surface area contributed by atoms with Gasteiger partial charge in [-0.1, -0.05) is 50.6 Å². The van der Waals surface area contributed by atoms with Gasteiger partial charge in [0.2, 0.25) is 5.69 Å². The highest BCUT2D eigenvalue weighted by Gasteiger charge is 2.45. The van der Waals surface area contributed by atoms with Crippen LogP contribution in [0.25, 0.3) is 0 Å². The summed E-state index contributed by atoms with van der Waals surface area (Å²) in [6.45, 7) is 8.48. The van der Waals surface area contributed by atoms with Crippen LogP contribution < -0.4 is 4.90 Å². The summed E-state index contributed by atoms with van der Waals surface area (Å²) in [5, 5.41) is 8.99. The summed E-state index contributed by atoms with van der Waals surface area (Å²) in [6.07, 6.45) is 14.9. The number of carbonyl (C=O) groups is 1. The maximum Gasteiger partial charge on any atom is 0.303 e. The van der Waals surface area contributed by atoms with Crippen molar-refractivity contribution in [3.63, 3.8) is 0 Å². The second-order valence-electron chi connectivity index (χ2n) is 13.8. The van der Waals surface area contributed by atoms with Crippen LogP contribution in [0.3, 0.4) is 0 Å². The van der Waals surface area contributed by atoms with Crippen LogP contribution in [0, 0.1) is 0 Å². The standard InChI is InChI=1S/C36H44N2O11S3/c1-35(2)28-24-26(51(44,45)46)17-19-30(28)37(21-12-8-11-16-34(39)40)32(35)14-9-6-5-7-10-15-33-36(3,4)29-25-27(52(47,48)49)18-20-31(29)38(33)22-13-23-50(41,42)43/h5-7,9-10,14-15,17-20,24-25H,8,11-13,16,21-23H2,1-4H3,(H3-,39,40,41,42,43,44,45,46,47,48,49)/p+1. The second kappa shape index (κ2) is 15.6. The molecular formula is C36H45N2O11S3+. The molecule has 4 rings (SSSR count). The number of rotatable bonds is 16. The summed E-state index contributed by atoms with van der Waals surface area (Å²) >= 11 is 0. The number of carboxylic acids is 1. The fraction of sp³-hybridized carbons (Fsp3) is 0.389. The summed E-state index contributed by atoms with van der Waals surface area (Å²) < 4.78 is 101. The molecule has 0 spiro atoms. The normalized spacial score (nSPS) is 18.0. The Hall–Kier alpha value is -3.93. The van der Waals surface area contributed by atoms with E-state index in [1.54, 1.807) is 30.4 Å². The van der Waals surface area contributed by atoms with Gasteiger partial charge in [-0.2, -0.15) is 29.8 Å². The lowest BCUT2D eigenvalue weighted by atomic mass is 9.81. The van der Waals surface area contributed by atoms with Crippen molar-refractivity contribution in [2.24, 2.45) is 0 Å². The van der Waals surface area contributed by atoms with Gasteiger partial charge in [-0.15, -0.1) is 0 Å². The molecule has 0 aromatic heterocycles. The van der Waals surface area contributed by atoms with Crippen molar-refractivity contribution in [1.82, 2.24) is 0 Å². The minimum Gasteiger partial charge on any atom is -0.481 e. The Morgan fingerprint density at radius 2 is 1.35 bits per heavy atom. The number of hydrogen-bond acceptors (Lipinski definition) is 8. The molecule has 13 nitrogen and oxygen atoms in total. The Morgan fingerprint density at radius 1 is 0.750 bits per heavy atom. The molecule has 2 aromatic rings. The van der Waals surface area contributed by atoms with Crippen LogP contribution in [0.4, 0.5) is 11.4 Å². The van der Waals surface area contributed by atoms with Crippen molar-refractivity contribution >= 4 is 53.4 Å². The molecule has 0 bridgehead atoms. The molecule has 0 amide bonds. The van der Waals surface area contributed by atoms with Gasteiger partial charge in [-0.3, -0.25) is 18.5 Å². The number of fused-ring (bicyclic) bond motifs is 2. The predicted molar refractivity (Wildman–Crippen MR) is 198 cm³/mol. The molecule has 2 aromatic carbocycles. The van der Waals surface area contributed by atoms with Gasteiger partial charge in [0, 0.05) is 53.9 Å². The van der Waals surface area contributed by atoms with E-state index in [2.05, 4.69) is 4.90 Å². The van der Waals surface area contributed by atoms with E-state index < -0.39 is 52.9 Å². The van der Waals surface area contributed by atoms with Gasteiger partial charge in [-0.05, 0) is 68.7 Å². The van der Waals surface area contributed by atoms with Crippen LogP contribution in [0.2, 0.25) is 0 Å². The van der Waals surface area contributed by atoms with E-state index >= 15 is 0 Å². The third-order valence-electron chi connectivity index (χ3n) is 9.33. The molecule has 0 aliphatic carbocycles. The number of aliphatic carboxylic acids is 1. The van der Waals surface area contributed by atoms with Crippen LogP contribution >= 0.6 is 0 Å². The summed E-state index contributed by atoms with van der Waals surface area (Å²) in [6, 6.07) is 8.76. The smallest absolute Gasteiger partial charge is 0.303 e. The average molecular weight is 778 g/mol. The first-order chi connectivity index (χ1) is 24.0. The Balaban J connectivity index is 1.60. The van der Waals surface area contributed by atoms with Gasteiger partial charge in [-0.25, -0.2) is 0 Å². The van der Waals surface area contributed by atoms with Crippen LogP contribution in [-0.4, -0.2) is 79.1 Å². The highest BCUT2D eigenvalue weighted by atomic mass is 32.2. The molecule has 2 heterocycles. The third kappa shape index (κ3) is 9.53. The lowest BCUT2D eigenvalue weighted by Gasteiger charge is -2.27. The second-order valence-corrected chi connectivity index (χ2v) is 18.2. The summed E-state index contributed by atoms with van der Waals surface area (Å²) in [5.74, 6) is -1.30. The van der Waals surface area contributed by atoms with E-state index in [0.717, 1.165) is 22.7 Å². The van der Waals surface area contributed by atoms with E-state index in [0.29, 0.717) is 37.1 Å². The van der Waals surface area contributed by atoms with Gasteiger partial charge in [0.05, 0.1) is 21.0 Å². The van der Waals surface area contributed by atoms with Crippen molar-refractivity contribution in [1.29, 1.82) is 0 Å². The summed E-state index contributed by atoms with van der Waals surface area (Å²) in [5.41, 5.74) is 3.09. The molecule has 2 aliphatic heterocycles. The number of nitrogens with zero attached hydrogens (tertiary/aromatic N) is 2. The fourth-order valence-electron chi connectivity index (χ4n) is 6.73. The highest BCUT2D eigenvalue weighted by molar-refractivity contribution is 7.86. The van der Waals surface area contributed by atoms with E-state index in [1.807, 2.05) is 56.6 Å². The maximum absolute atomic E-state index is 11.9. The van der Waals surface area contributed by atoms with Gasteiger partial charge in [0.25, 0.3) is 30.4 Å². The van der Waals surface area contributed by atoms with Gasteiger partial charge in [0.1, 0.15) is 6.54 Å². The SMILES string of the molecule is CC1(C)C(/C=C/C=C/C=C/C=C2\N(CCCCCC(=O)O)c3ccc(S(=O)(=O)O)cc3C2(C)C)=[N+](CCCS(=O)(=O)O)c2ccc(S(=O)(=O)O)cc21. The molecule has 2 aliphatic rings. The molecule has 16 heteroatoms. The zero-order valence-corrected chi connectivity index (χ0v) is 31.9. The molecular weight excluding hydrogens is 733 g/mol. The zero-order valence-electron chi connectivity index (χ0n) is 29.4. The average Bonchev–Trinajstić information content (AvgIpc) is 3.36. The third-order valence-corrected chi connectivity index (χ3v) is 11.8. The van der Waals surface area contributed by atoms with Crippen molar-refractivity contribution in [2.45, 2.75) is 80.4 Å². The number of unbranched alkanes of at least 4 members (excludes halogenated alkanes) is 2. The molecule has 0 atom stereocenters. The molecule has 4 N–H and O–H groups in total. The molecule has 282 valence electrons. The molecule has 0 saturated heterocycles. The van der Waals surface area contributed by atoms with Crippen molar-refractivity contribution < 1.29 is 53.4 Å². The highest BCUT2D eigenvalue weighted by Crippen LogP contribution is 2.48. The maximum atomic E-state index is 11.9. The Bertz CT molecular complexity index is 2210. The lowest BCUT2D eigenvalue weighted by molar-refractivity contribution is -0.437. The number of allylic oxidation sites excluding steroid dienone is 8. The van der Waals surface area contributed by atoms with Crippen LogP contribution in [0.1, 0.15) is 70.9 Å². The minimum atomic E-state index is -4.46. The van der Waals surface area contributed by atoms with Crippen LogP contribution in [-0.2, 0) is 46.0 Å². The van der Waals surface area contributed by atoms with Crippen LogP contribution in [0.5, 0.6) is 0 Å². The summed E-state index contributed by atoms with van der Waals surface area (Å²) in [4.78, 5) is 12.6. The van der Waals surface area contributed by atoms with Crippen molar-refractivity contribution in [3.05, 3.63) is 95.8 Å². The number of hydrogen-bond donors (Lipinski definition) is 4. The van der Waals surface area contributed by atoms with Crippen molar-refractivity contribution in [3.8, 4) is 0 Å². The molecule has 0 saturated carbocycles. The van der Waals surface area contributed by atoms with E-state index in [4.69, 9.17) is 5.11 Å². The van der Waals surface area contributed by atoms with E-state index in [1.165, 1.54) is 24.3 Å². The minimum absolute atomic E-state index is 0.0801. The number of benzene rings is 2. The van der Waals surface area contributed by atoms with Gasteiger partial charge in [0.15, 0.2) is 5.71 Å². The predicted octanol–water partition coefficient (Wildman–Crippen LogP) is 5.83. The molecule has 0 fully saturated rings. The van der Waals surface area contributed by atoms with Gasteiger partial charge >= 0.3 is 5.97 Å². The van der Waals surface area contributed by atoms with E-state index in [9.17, 15) is 43.7 Å². The summed E-state index contributed by atoms with van der Waals surface area (Å²) in [7, 11) is -13.1. The quantitative estimate of drug-likeness (QED) is 0.0688. The zero-order chi connectivity index (χ0) is 38.7. The largest absolute Gasteiger partial charge is 0.481 e. The first-order valence-corrected chi connectivity index (χ1v) is 21.1. The van der Waals surface area contributed by atoms with Gasteiger partial charge < -0.3 is 10.0 Å². The fourth-order valence-corrected chi connectivity index (χ4v) is 8.23.